The van der Waals surface area contributed by atoms with Gasteiger partial charge in [0.15, 0.2) is 0 Å². The standard InChI is InChI=1S/C13H18FNO/c1-15-8-6-13(14,7-9-15)10-11-4-2-3-5-12(11)16/h2-5,16H,6-10H2,1H3. The molecular weight excluding hydrogens is 205 g/mol. The third-order valence-corrected chi connectivity index (χ3v) is 3.38. The van der Waals surface area contributed by atoms with E-state index in [4.69, 9.17) is 0 Å². The molecule has 0 spiro atoms. The van der Waals surface area contributed by atoms with Crippen LogP contribution in [0.15, 0.2) is 24.3 Å². The molecule has 1 aliphatic heterocycles. The molecule has 1 fully saturated rings. The molecule has 1 aromatic carbocycles. The largest absolute Gasteiger partial charge is 0.508 e. The summed E-state index contributed by atoms with van der Waals surface area (Å²) in [4.78, 5) is 2.14. The summed E-state index contributed by atoms with van der Waals surface area (Å²) in [6.07, 6.45) is 1.43. The number of phenolic OH excluding ortho intramolecular Hbond substituents is 1. The molecule has 3 heteroatoms. The Labute approximate surface area is 95.7 Å². The Morgan fingerprint density at radius 3 is 2.56 bits per heavy atom. The normalized spacial score (nSPS) is 20.9. The fraction of sp³-hybridized carbons (Fsp3) is 0.538. The highest BCUT2D eigenvalue weighted by Crippen LogP contribution is 2.32. The van der Waals surface area contributed by atoms with Crippen molar-refractivity contribution in [2.45, 2.75) is 24.9 Å². The van der Waals surface area contributed by atoms with Crippen molar-refractivity contribution >= 4 is 0 Å². The molecule has 2 nitrogen and oxygen atoms in total. The van der Waals surface area contributed by atoms with Crippen LogP contribution in [-0.4, -0.2) is 35.8 Å². The van der Waals surface area contributed by atoms with Gasteiger partial charge in [-0.3, -0.25) is 0 Å². The molecule has 0 aromatic heterocycles. The van der Waals surface area contributed by atoms with E-state index in [9.17, 15) is 9.50 Å². The molecule has 0 radical (unpaired) electrons. The quantitative estimate of drug-likeness (QED) is 0.832. The van der Waals surface area contributed by atoms with E-state index in [1.165, 1.54) is 0 Å². The third-order valence-electron chi connectivity index (χ3n) is 3.38. The maximum absolute atomic E-state index is 14.5. The fourth-order valence-electron chi connectivity index (χ4n) is 2.20. The van der Waals surface area contributed by atoms with Crippen molar-refractivity contribution in [3.8, 4) is 5.75 Å². The zero-order chi connectivity index (χ0) is 11.6. The SMILES string of the molecule is CN1CCC(F)(Cc2ccccc2O)CC1. The molecule has 16 heavy (non-hydrogen) atoms. The first kappa shape index (κ1) is 11.4. The van der Waals surface area contributed by atoms with Gasteiger partial charge in [0.2, 0.25) is 0 Å². The van der Waals surface area contributed by atoms with Crippen LogP contribution in [0, 0.1) is 0 Å². The summed E-state index contributed by atoms with van der Waals surface area (Å²) in [7, 11) is 2.01. The molecule has 1 heterocycles. The van der Waals surface area contributed by atoms with Crippen LogP contribution in [0.3, 0.4) is 0 Å². The van der Waals surface area contributed by atoms with Crippen molar-refractivity contribution in [2.75, 3.05) is 20.1 Å². The smallest absolute Gasteiger partial charge is 0.118 e. The van der Waals surface area contributed by atoms with Crippen LogP contribution >= 0.6 is 0 Å². The number of benzene rings is 1. The Bertz CT molecular complexity index is 359. The maximum atomic E-state index is 14.5. The van der Waals surface area contributed by atoms with Crippen molar-refractivity contribution in [3.05, 3.63) is 29.8 Å². The minimum absolute atomic E-state index is 0.207. The van der Waals surface area contributed by atoms with Crippen LogP contribution in [0.2, 0.25) is 0 Å². The molecule has 1 N–H and O–H groups in total. The summed E-state index contributed by atoms with van der Waals surface area (Å²) in [6, 6.07) is 7.02. The van der Waals surface area contributed by atoms with E-state index < -0.39 is 5.67 Å². The molecule has 0 bridgehead atoms. The number of likely N-dealkylation sites (tertiary alicyclic amines) is 1. The van der Waals surface area contributed by atoms with Gasteiger partial charge in [0.25, 0.3) is 0 Å². The number of aromatic hydroxyl groups is 1. The van der Waals surface area contributed by atoms with E-state index in [0.717, 1.165) is 18.7 Å². The number of phenols is 1. The van der Waals surface area contributed by atoms with Gasteiger partial charge in [0.05, 0.1) is 0 Å². The van der Waals surface area contributed by atoms with Gasteiger partial charge in [-0.1, -0.05) is 18.2 Å². The number of hydrogen-bond donors (Lipinski definition) is 1. The average molecular weight is 223 g/mol. The third kappa shape index (κ3) is 2.53. The molecule has 1 aromatic rings. The molecule has 0 atom stereocenters. The lowest BCUT2D eigenvalue weighted by atomic mass is 9.87. The zero-order valence-corrected chi connectivity index (χ0v) is 9.62. The van der Waals surface area contributed by atoms with Gasteiger partial charge in [-0.05, 0) is 31.5 Å². The van der Waals surface area contributed by atoms with E-state index >= 15 is 0 Å². The summed E-state index contributed by atoms with van der Waals surface area (Å²) in [5, 5.41) is 9.63. The Kier molecular flexibility index (Phi) is 3.15. The van der Waals surface area contributed by atoms with Crippen LogP contribution in [0.4, 0.5) is 4.39 Å². The van der Waals surface area contributed by atoms with Gasteiger partial charge in [0.1, 0.15) is 11.4 Å². The highest BCUT2D eigenvalue weighted by atomic mass is 19.1. The van der Waals surface area contributed by atoms with E-state index in [0.29, 0.717) is 19.3 Å². The predicted molar refractivity (Wildman–Crippen MR) is 62.4 cm³/mol. The summed E-state index contributed by atoms with van der Waals surface area (Å²) < 4.78 is 14.5. The van der Waals surface area contributed by atoms with Crippen molar-refractivity contribution in [1.29, 1.82) is 0 Å². The molecule has 1 aliphatic rings. The van der Waals surface area contributed by atoms with Crippen LogP contribution in [0.5, 0.6) is 5.75 Å². The predicted octanol–water partition coefficient (Wildman–Crippen LogP) is 2.37. The number of piperidine rings is 1. The lowest BCUT2D eigenvalue weighted by Crippen LogP contribution is -2.41. The van der Waals surface area contributed by atoms with Gasteiger partial charge in [0, 0.05) is 19.5 Å². The van der Waals surface area contributed by atoms with Gasteiger partial charge in [-0.2, -0.15) is 0 Å². The van der Waals surface area contributed by atoms with Crippen LogP contribution in [-0.2, 0) is 6.42 Å². The van der Waals surface area contributed by atoms with Crippen molar-refractivity contribution in [1.82, 2.24) is 4.90 Å². The highest BCUT2D eigenvalue weighted by Gasteiger charge is 2.34. The number of nitrogens with zero attached hydrogens (tertiary/aromatic N) is 1. The fourth-order valence-corrected chi connectivity index (χ4v) is 2.20. The number of para-hydroxylation sites is 1. The maximum Gasteiger partial charge on any atom is 0.118 e. The molecule has 1 saturated heterocycles. The van der Waals surface area contributed by atoms with Crippen molar-refractivity contribution in [2.24, 2.45) is 0 Å². The van der Waals surface area contributed by atoms with Gasteiger partial charge >= 0.3 is 0 Å². The first-order valence-corrected chi connectivity index (χ1v) is 5.73. The second kappa shape index (κ2) is 4.42. The minimum atomic E-state index is -1.15. The minimum Gasteiger partial charge on any atom is -0.508 e. The van der Waals surface area contributed by atoms with Crippen LogP contribution in [0.25, 0.3) is 0 Å². The average Bonchev–Trinajstić information content (AvgIpc) is 2.27. The number of rotatable bonds is 2. The summed E-state index contributed by atoms with van der Waals surface area (Å²) in [5.74, 6) is 0.207. The first-order valence-electron chi connectivity index (χ1n) is 5.73. The molecule has 2 rings (SSSR count). The summed E-state index contributed by atoms with van der Waals surface area (Å²) in [6.45, 7) is 1.59. The second-order valence-corrected chi connectivity index (χ2v) is 4.76. The molecule has 88 valence electrons. The number of halogens is 1. The Morgan fingerprint density at radius 2 is 1.94 bits per heavy atom. The second-order valence-electron chi connectivity index (χ2n) is 4.76. The zero-order valence-electron chi connectivity index (χ0n) is 9.62. The lowest BCUT2D eigenvalue weighted by molar-refractivity contribution is 0.0692. The van der Waals surface area contributed by atoms with E-state index in [1.807, 2.05) is 13.1 Å². The van der Waals surface area contributed by atoms with E-state index in [-0.39, 0.29) is 5.75 Å². The topological polar surface area (TPSA) is 23.5 Å². The van der Waals surface area contributed by atoms with Crippen molar-refractivity contribution in [3.63, 3.8) is 0 Å². The molecular formula is C13H18FNO. The summed E-state index contributed by atoms with van der Waals surface area (Å²) >= 11 is 0. The Morgan fingerprint density at radius 1 is 1.31 bits per heavy atom. The number of alkyl halides is 1. The van der Waals surface area contributed by atoms with E-state index in [1.54, 1.807) is 18.2 Å². The lowest BCUT2D eigenvalue weighted by Gasteiger charge is -2.34. The first-order chi connectivity index (χ1) is 7.59. The molecule has 0 amide bonds. The van der Waals surface area contributed by atoms with Gasteiger partial charge in [-0.25, -0.2) is 4.39 Å². The molecule has 0 aliphatic carbocycles. The Balaban J connectivity index is 2.07. The van der Waals surface area contributed by atoms with E-state index in [2.05, 4.69) is 4.90 Å². The number of hydrogen-bond acceptors (Lipinski definition) is 2. The van der Waals surface area contributed by atoms with Crippen molar-refractivity contribution < 1.29 is 9.50 Å². The highest BCUT2D eigenvalue weighted by molar-refractivity contribution is 5.33. The Hall–Kier alpha value is -1.09. The monoisotopic (exact) mass is 223 g/mol. The van der Waals surface area contributed by atoms with Crippen LogP contribution < -0.4 is 0 Å². The van der Waals surface area contributed by atoms with Gasteiger partial charge in [-0.15, -0.1) is 0 Å². The molecule has 0 saturated carbocycles. The van der Waals surface area contributed by atoms with Gasteiger partial charge < -0.3 is 10.0 Å². The molecule has 0 unspecified atom stereocenters. The van der Waals surface area contributed by atoms with Crippen LogP contribution in [0.1, 0.15) is 18.4 Å². The summed E-state index contributed by atoms with van der Waals surface area (Å²) in [5.41, 5.74) is -0.430.